The van der Waals surface area contributed by atoms with E-state index in [0.29, 0.717) is 0 Å². The van der Waals surface area contributed by atoms with Crippen molar-refractivity contribution in [2.45, 2.75) is 0 Å². The molecule has 0 aromatic heterocycles. The lowest BCUT2D eigenvalue weighted by atomic mass is 9.98. The van der Waals surface area contributed by atoms with Gasteiger partial charge in [-0.25, -0.2) is 0 Å². The van der Waals surface area contributed by atoms with Gasteiger partial charge in [-0.05, 0) is 23.1 Å². The average molecular weight is 276 g/mol. The summed E-state index contributed by atoms with van der Waals surface area (Å²) in [6.45, 7) is 0. The van der Waals surface area contributed by atoms with Gasteiger partial charge >= 0.3 is 0 Å². The number of benzene rings is 3. The number of nitrogens with two attached hydrogens (primary N) is 1. The number of rotatable bonds is 1. The summed E-state index contributed by atoms with van der Waals surface area (Å²) < 4.78 is 0. The number of anilines is 2. The quantitative estimate of drug-likeness (QED) is 0.517. The molecule has 2 nitrogen and oxygen atoms in total. The summed E-state index contributed by atoms with van der Waals surface area (Å²) in [7, 11) is 0. The molecule has 0 saturated heterocycles. The van der Waals surface area contributed by atoms with E-state index >= 15 is 0 Å². The third-order valence-corrected chi connectivity index (χ3v) is 4.07. The van der Waals surface area contributed by atoms with E-state index in [0.717, 1.165) is 33.1 Å². The van der Waals surface area contributed by atoms with Gasteiger partial charge in [-0.15, -0.1) is 0 Å². The van der Waals surface area contributed by atoms with Gasteiger partial charge in [0.25, 0.3) is 0 Å². The lowest BCUT2D eigenvalue weighted by molar-refractivity contribution is 1.63. The van der Waals surface area contributed by atoms with Gasteiger partial charge in [0.15, 0.2) is 0 Å². The maximum absolute atomic E-state index is 5.76. The highest BCUT2D eigenvalue weighted by atomic mass is 32.1. The lowest BCUT2D eigenvalue weighted by Crippen LogP contribution is -2.02. The molecule has 96 valence electrons. The van der Waals surface area contributed by atoms with Crippen molar-refractivity contribution in [3.8, 4) is 11.1 Å². The zero-order chi connectivity index (χ0) is 13.7. The van der Waals surface area contributed by atoms with E-state index in [9.17, 15) is 0 Å². The predicted octanol–water partition coefficient (Wildman–Crippen LogP) is 4.19. The van der Waals surface area contributed by atoms with Crippen LogP contribution in [0.4, 0.5) is 11.4 Å². The molecule has 3 N–H and O–H groups in total. The van der Waals surface area contributed by atoms with Crippen LogP contribution in [0.3, 0.4) is 0 Å². The van der Waals surface area contributed by atoms with Crippen molar-refractivity contribution in [1.82, 2.24) is 0 Å². The Kier molecular flexibility index (Phi) is 2.32. The molecule has 0 radical (unpaired) electrons. The Labute approximate surface area is 122 Å². The Morgan fingerprint density at radius 2 is 1.65 bits per heavy atom. The first-order valence-corrected chi connectivity index (χ1v) is 6.88. The van der Waals surface area contributed by atoms with Gasteiger partial charge in [0.2, 0.25) is 0 Å². The van der Waals surface area contributed by atoms with Crippen LogP contribution in [0.5, 0.6) is 0 Å². The molecule has 0 amide bonds. The van der Waals surface area contributed by atoms with Crippen LogP contribution >= 0.6 is 12.2 Å². The topological polar surface area (TPSA) is 38.0 Å². The first-order valence-electron chi connectivity index (χ1n) is 6.47. The number of hydrogen-bond donors (Lipinski definition) is 2. The van der Waals surface area contributed by atoms with Crippen molar-refractivity contribution >= 4 is 39.4 Å². The third-order valence-electron chi connectivity index (χ3n) is 3.75. The highest BCUT2D eigenvalue weighted by Crippen LogP contribution is 2.40. The zero-order valence-corrected chi connectivity index (χ0v) is 11.5. The Hall–Kier alpha value is -2.39. The molecule has 0 saturated carbocycles. The molecule has 20 heavy (non-hydrogen) atoms. The Balaban J connectivity index is 2.04. The highest BCUT2D eigenvalue weighted by molar-refractivity contribution is 7.81. The van der Waals surface area contributed by atoms with E-state index in [4.69, 9.17) is 18.0 Å². The fraction of sp³-hybridized carbons (Fsp3) is 0. The molecule has 0 spiro atoms. The minimum atomic E-state index is 0.773. The van der Waals surface area contributed by atoms with Crippen molar-refractivity contribution in [2.24, 2.45) is 0 Å². The van der Waals surface area contributed by atoms with Gasteiger partial charge in [0.05, 0.1) is 5.69 Å². The van der Waals surface area contributed by atoms with Gasteiger partial charge < -0.3 is 11.1 Å². The molecule has 0 fully saturated rings. The van der Waals surface area contributed by atoms with E-state index in [1.54, 1.807) is 0 Å². The number of thiocarbonyl (C=S) groups is 1. The van der Waals surface area contributed by atoms with Gasteiger partial charge in [0.1, 0.15) is 4.99 Å². The van der Waals surface area contributed by atoms with Crippen molar-refractivity contribution < 1.29 is 0 Å². The maximum Gasteiger partial charge on any atom is 0.111 e. The van der Waals surface area contributed by atoms with E-state index in [1.807, 2.05) is 30.3 Å². The standard InChI is InChI=1S/C17H12N2S/c18-12-7-4-10(5-8-12)13-9-6-11-2-1-3-14-15(11)16(13)19-17(14)20/h1-9H,18H2,(H,19,20). The van der Waals surface area contributed by atoms with Crippen LogP contribution in [0, 0.1) is 0 Å². The number of nitrogens with one attached hydrogen (secondary N) is 1. The van der Waals surface area contributed by atoms with Crippen LogP contribution in [0.1, 0.15) is 5.56 Å². The van der Waals surface area contributed by atoms with Crippen LogP contribution in [0.25, 0.3) is 21.9 Å². The van der Waals surface area contributed by atoms with Crippen molar-refractivity contribution in [3.05, 3.63) is 60.2 Å². The first-order chi connectivity index (χ1) is 9.74. The SMILES string of the molecule is Nc1ccc(-c2ccc3cccc4c3c2NC4=S)cc1. The zero-order valence-electron chi connectivity index (χ0n) is 10.7. The van der Waals surface area contributed by atoms with E-state index in [1.165, 1.54) is 10.8 Å². The monoisotopic (exact) mass is 276 g/mol. The van der Waals surface area contributed by atoms with Crippen LogP contribution < -0.4 is 11.1 Å². The van der Waals surface area contributed by atoms with Gasteiger partial charge in [0, 0.05) is 22.2 Å². The second-order valence-electron chi connectivity index (χ2n) is 4.97. The first kappa shape index (κ1) is 11.4. The fourth-order valence-electron chi connectivity index (χ4n) is 2.78. The summed E-state index contributed by atoms with van der Waals surface area (Å²) in [6.07, 6.45) is 0. The summed E-state index contributed by atoms with van der Waals surface area (Å²) in [4.78, 5) is 0.800. The average Bonchev–Trinajstić information content (AvgIpc) is 2.80. The molecule has 1 aliphatic heterocycles. The summed E-state index contributed by atoms with van der Waals surface area (Å²) >= 11 is 5.44. The Bertz CT molecular complexity index is 851. The minimum absolute atomic E-state index is 0.773. The molecule has 0 bridgehead atoms. The molecule has 3 aromatic rings. The Morgan fingerprint density at radius 3 is 2.45 bits per heavy atom. The largest absolute Gasteiger partial charge is 0.399 e. The molecule has 0 atom stereocenters. The Morgan fingerprint density at radius 1 is 0.850 bits per heavy atom. The minimum Gasteiger partial charge on any atom is -0.399 e. The van der Waals surface area contributed by atoms with Crippen molar-refractivity contribution in [2.75, 3.05) is 11.1 Å². The molecule has 1 heterocycles. The van der Waals surface area contributed by atoms with Crippen molar-refractivity contribution in [1.29, 1.82) is 0 Å². The third kappa shape index (κ3) is 1.53. The molecular formula is C17H12N2S. The molecule has 1 aliphatic rings. The second kappa shape index (κ2) is 4.05. The lowest BCUT2D eigenvalue weighted by Gasteiger charge is -2.09. The van der Waals surface area contributed by atoms with Crippen LogP contribution in [-0.2, 0) is 0 Å². The summed E-state index contributed by atoms with van der Waals surface area (Å²) in [6, 6.07) is 18.4. The van der Waals surface area contributed by atoms with E-state index < -0.39 is 0 Å². The molecule has 4 rings (SSSR count). The van der Waals surface area contributed by atoms with Gasteiger partial charge in [-0.3, -0.25) is 0 Å². The molecular weight excluding hydrogens is 264 g/mol. The van der Waals surface area contributed by atoms with Crippen molar-refractivity contribution in [3.63, 3.8) is 0 Å². The molecule has 0 aliphatic carbocycles. The predicted molar refractivity (Wildman–Crippen MR) is 89.1 cm³/mol. The summed E-state index contributed by atoms with van der Waals surface area (Å²) in [5.74, 6) is 0. The number of hydrogen-bond acceptors (Lipinski definition) is 2. The number of nitrogen functional groups attached to an aromatic ring is 1. The van der Waals surface area contributed by atoms with Gasteiger partial charge in [-0.1, -0.05) is 54.7 Å². The molecule has 0 unspecified atom stereocenters. The van der Waals surface area contributed by atoms with Gasteiger partial charge in [-0.2, -0.15) is 0 Å². The summed E-state index contributed by atoms with van der Waals surface area (Å²) in [5.41, 5.74) is 11.1. The second-order valence-corrected chi connectivity index (χ2v) is 5.38. The van der Waals surface area contributed by atoms with Crippen LogP contribution in [0.2, 0.25) is 0 Å². The normalized spacial score (nSPS) is 12.7. The summed E-state index contributed by atoms with van der Waals surface area (Å²) in [5, 5.41) is 5.78. The van der Waals surface area contributed by atoms with E-state index in [-0.39, 0.29) is 0 Å². The maximum atomic E-state index is 5.76. The molecule has 3 aromatic carbocycles. The molecule has 3 heteroatoms. The van der Waals surface area contributed by atoms with E-state index in [2.05, 4.69) is 29.6 Å². The smallest absolute Gasteiger partial charge is 0.111 e. The fourth-order valence-corrected chi connectivity index (χ4v) is 3.05. The van der Waals surface area contributed by atoms with Crippen LogP contribution in [0.15, 0.2) is 54.6 Å². The highest BCUT2D eigenvalue weighted by Gasteiger charge is 2.21. The van der Waals surface area contributed by atoms with Crippen LogP contribution in [-0.4, -0.2) is 4.99 Å².